The first kappa shape index (κ1) is 13.5. The van der Waals surface area contributed by atoms with Crippen molar-refractivity contribution in [2.45, 2.75) is 12.5 Å². The Labute approximate surface area is 112 Å². The lowest BCUT2D eigenvalue weighted by Gasteiger charge is -2.16. The fourth-order valence-corrected chi connectivity index (χ4v) is 2.36. The number of methoxy groups -OCH3 is 1. The van der Waals surface area contributed by atoms with E-state index < -0.39 is 0 Å². The van der Waals surface area contributed by atoms with E-state index >= 15 is 0 Å². The van der Waals surface area contributed by atoms with Gasteiger partial charge in [-0.2, -0.15) is 0 Å². The number of benzene rings is 1. The lowest BCUT2D eigenvalue weighted by Crippen LogP contribution is -2.10. The van der Waals surface area contributed by atoms with E-state index in [0.29, 0.717) is 16.6 Å². The lowest BCUT2D eigenvalue weighted by atomic mass is 10.0. The number of nitrogens with two attached hydrogens (primary N) is 1. The molecule has 3 N–H and O–H groups in total. The summed E-state index contributed by atoms with van der Waals surface area (Å²) in [6, 6.07) is 1.54. The summed E-state index contributed by atoms with van der Waals surface area (Å²) in [6.07, 6.45) is 2.41. The summed E-state index contributed by atoms with van der Waals surface area (Å²) in [5.74, 6) is 0.452. The van der Waals surface area contributed by atoms with Crippen molar-refractivity contribution >= 4 is 31.9 Å². The predicted molar refractivity (Wildman–Crippen MR) is 71.8 cm³/mol. The Kier molecular flexibility index (Phi) is 4.83. The molecular formula is C11H13Br2NO2. The Morgan fingerprint density at radius 3 is 2.69 bits per heavy atom. The van der Waals surface area contributed by atoms with Crippen LogP contribution in [-0.2, 0) is 0 Å². The molecule has 5 heteroatoms. The maximum atomic E-state index is 9.75. The summed E-state index contributed by atoms with van der Waals surface area (Å²) >= 11 is 6.67. The molecule has 0 aliphatic carbocycles. The first-order valence-electron chi connectivity index (χ1n) is 4.64. The smallest absolute Gasteiger partial charge is 0.173 e. The van der Waals surface area contributed by atoms with Crippen molar-refractivity contribution in [1.29, 1.82) is 0 Å². The average Bonchev–Trinajstić information content (AvgIpc) is 2.27. The van der Waals surface area contributed by atoms with Crippen LogP contribution in [0.15, 0.2) is 27.7 Å². The zero-order valence-corrected chi connectivity index (χ0v) is 12.0. The van der Waals surface area contributed by atoms with Crippen LogP contribution in [0.25, 0.3) is 0 Å². The Balaban J connectivity index is 3.29. The number of ether oxygens (including phenoxy) is 1. The highest BCUT2D eigenvalue weighted by atomic mass is 79.9. The number of aromatic hydroxyl groups is 1. The first-order chi connectivity index (χ1) is 7.52. The van der Waals surface area contributed by atoms with Gasteiger partial charge in [0, 0.05) is 10.5 Å². The molecule has 0 saturated carbocycles. The van der Waals surface area contributed by atoms with Gasteiger partial charge in [-0.25, -0.2) is 0 Å². The second kappa shape index (κ2) is 5.70. The Morgan fingerprint density at radius 2 is 2.19 bits per heavy atom. The molecular weight excluding hydrogens is 338 g/mol. The molecule has 0 bridgehead atoms. The van der Waals surface area contributed by atoms with Crippen LogP contribution in [0.2, 0.25) is 0 Å². The SMILES string of the molecule is C=CC[C@@H](N)c1cc(OC)c(O)c(Br)c1Br. The van der Waals surface area contributed by atoms with Crippen molar-refractivity contribution in [3.05, 3.63) is 33.2 Å². The van der Waals surface area contributed by atoms with Crippen molar-refractivity contribution in [3.8, 4) is 11.5 Å². The second-order valence-electron chi connectivity index (χ2n) is 3.28. The number of hydrogen-bond acceptors (Lipinski definition) is 3. The zero-order valence-electron chi connectivity index (χ0n) is 8.84. The number of phenols is 1. The van der Waals surface area contributed by atoms with Gasteiger partial charge in [0.15, 0.2) is 11.5 Å². The molecule has 0 radical (unpaired) electrons. The van der Waals surface area contributed by atoms with Crippen LogP contribution in [-0.4, -0.2) is 12.2 Å². The van der Waals surface area contributed by atoms with E-state index in [2.05, 4.69) is 38.4 Å². The van der Waals surface area contributed by atoms with Crippen LogP contribution in [0, 0.1) is 0 Å². The second-order valence-corrected chi connectivity index (χ2v) is 4.86. The quantitative estimate of drug-likeness (QED) is 0.817. The summed E-state index contributed by atoms with van der Waals surface area (Å²) in [4.78, 5) is 0. The molecule has 0 aliphatic heterocycles. The Hall–Kier alpha value is -0.520. The normalized spacial score (nSPS) is 12.2. The third-order valence-electron chi connectivity index (χ3n) is 2.21. The molecule has 1 rings (SSSR count). The fourth-order valence-electron chi connectivity index (χ4n) is 1.34. The average molecular weight is 351 g/mol. The first-order valence-corrected chi connectivity index (χ1v) is 6.22. The van der Waals surface area contributed by atoms with Crippen molar-refractivity contribution < 1.29 is 9.84 Å². The fraction of sp³-hybridized carbons (Fsp3) is 0.273. The molecule has 3 nitrogen and oxygen atoms in total. The molecule has 0 heterocycles. The minimum absolute atomic E-state index is 0.0592. The van der Waals surface area contributed by atoms with Gasteiger partial charge in [0.2, 0.25) is 0 Å². The van der Waals surface area contributed by atoms with Gasteiger partial charge in [-0.15, -0.1) is 6.58 Å². The summed E-state index contributed by atoms with van der Waals surface area (Å²) in [7, 11) is 1.50. The van der Waals surface area contributed by atoms with E-state index in [4.69, 9.17) is 10.5 Å². The van der Waals surface area contributed by atoms with E-state index in [1.165, 1.54) is 7.11 Å². The monoisotopic (exact) mass is 349 g/mol. The van der Waals surface area contributed by atoms with E-state index in [0.717, 1.165) is 10.0 Å². The van der Waals surface area contributed by atoms with Gasteiger partial charge in [0.25, 0.3) is 0 Å². The number of phenolic OH excluding ortho intramolecular Hbond substituents is 1. The van der Waals surface area contributed by atoms with Crippen LogP contribution in [0.4, 0.5) is 0 Å². The van der Waals surface area contributed by atoms with E-state index in [9.17, 15) is 5.11 Å². The highest BCUT2D eigenvalue weighted by Gasteiger charge is 2.18. The van der Waals surface area contributed by atoms with Crippen LogP contribution in [0.1, 0.15) is 18.0 Å². The van der Waals surface area contributed by atoms with Gasteiger partial charge < -0.3 is 15.6 Å². The van der Waals surface area contributed by atoms with Crippen molar-refractivity contribution in [2.24, 2.45) is 5.73 Å². The van der Waals surface area contributed by atoms with E-state index in [-0.39, 0.29) is 11.8 Å². The minimum Gasteiger partial charge on any atom is -0.503 e. The maximum Gasteiger partial charge on any atom is 0.173 e. The lowest BCUT2D eigenvalue weighted by molar-refractivity contribution is 0.370. The summed E-state index contributed by atoms with van der Waals surface area (Å²) in [5, 5.41) is 9.75. The van der Waals surface area contributed by atoms with Gasteiger partial charge in [-0.05, 0) is 49.9 Å². The third kappa shape index (κ3) is 2.59. The maximum absolute atomic E-state index is 9.75. The van der Waals surface area contributed by atoms with Gasteiger partial charge in [-0.1, -0.05) is 6.08 Å². The molecule has 1 aromatic carbocycles. The van der Waals surface area contributed by atoms with Crippen LogP contribution >= 0.6 is 31.9 Å². The molecule has 1 atom stereocenters. The van der Waals surface area contributed by atoms with Crippen molar-refractivity contribution in [3.63, 3.8) is 0 Å². The zero-order chi connectivity index (χ0) is 12.3. The predicted octanol–water partition coefficient (Wildman–Crippen LogP) is 3.50. The molecule has 88 valence electrons. The largest absolute Gasteiger partial charge is 0.503 e. The van der Waals surface area contributed by atoms with Crippen molar-refractivity contribution in [1.82, 2.24) is 0 Å². The summed E-state index contributed by atoms with van der Waals surface area (Å²) < 4.78 is 6.35. The third-order valence-corrected chi connectivity index (χ3v) is 4.37. The number of hydrogen-bond donors (Lipinski definition) is 2. The van der Waals surface area contributed by atoms with Gasteiger partial charge in [0.1, 0.15) is 0 Å². The number of rotatable bonds is 4. The van der Waals surface area contributed by atoms with Crippen LogP contribution < -0.4 is 10.5 Å². The van der Waals surface area contributed by atoms with E-state index in [1.807, 2.05) is 0 Å². The summed E-state index contributed by atoms with van der Waals surface area (Å²) in [6.45, 7) is 3.65. The minimum atomic E-state index is -0.183. The Morgan fingerprint density at radius 1 is 1.56 bits per heavy atom. The molecule has 0 aliphatic rings. The topological polar surface area (TPSA) is 55.5 Å². The molecule has 0 spiro atoms. The molecule has 16 heavy (non-hydrogen) atoms. The van der Waals surface area contributed by atoms with Gasteiger partial charge >= 0.3 is 0 Å². The standard InChI is InChI=1S/C11H13Br2NO2/c1-3-4-7(14)6-5-8(16-2)11(15)10(13)9(6)12/h3,5,7,15H,1,4,14H2,2H3/t7-/m1/s1. The number of halogens is 2. The molecule has 0 amide bonds. The highest BCUT2D eigenvalue weighted by molar-refractivity contribution is 9.13. The molecule has 0 fully saturated rings. The molecule has 0 saturated heterocycles. The van der Waals surface area contributed by atoms with Gasteiger partial charge in [0.05, 0.1) is 11.6 Å². The highest BCUT2D eigenvalue weighted by Crippen LogP contribution is 2.43. The van der Waals surface area contributed by atoms with Crippen molar-refractivity contribution in [2.75, 3.05) is 7.11 Å². The van der Waals surface area contributed by atoms with Crippen LogP contribution in [0.3, 0.4) is 0 Å². The van der Waals surface area contributed by atoms with E-state index in [1.54, 1.807) is 12.1 Å². The molecule has 1 aromatic rings. The Bertz CT molecular complexity index is 407. The summed E-state index contributed by atoms with van der Waals surface area (Å²) in [5.41, 5.74) is 6.85. The van der Waals surface area contributed by atoms with Gasteiger partial charge in [-0.3, -0.25) is 0 Å². The van der Waals surface area contributed by atoms with Crippen LogP contribution in [0.5, 0.6) is 11.5 Å². The molecule has 0 unspecified atom stereocenters. The molecule has 0 aromatic heterocycles.